The van der Waals surface area contributed by atoms with Gasteiger partial charge in [0, 0.05) is 26.1 Å². The topological polar surface area (TPSA) is 58.6 Å². The molecule has 0 aromatic heterocycles. The van der Waals surface area contributed by atoms with Crippen LogP contribution in [-0.4, -0.2) is 43.1 Å². The van der Waals surface area contributed by atoms with Crippen LogP contribution in [0.2, 0.25) is 0 Å². The summed E-state index contributed by atoms with van der Waals surface area (Å²) in [6, 6.07) is 0. The summed E-state index contributed by atoms with van der Waals surface area (Å²) in [5, 5.41) is 2.51. The average molecular weight is 216 g/mol. The summed E-state index contributed by atoms with van der Waals surface area (Å²) in [6.07, 6.45) is -0.148. The maximum absolute atomic E-state index is 11.5. The molecule has 5 nitrogen and oxygen atoms in total. The number of amides is 2. The molecule has 0 aliphatic rings. The molecular formula is C10H20N2O3. The van der Waals surface area contributed by atoms with Crippen LogP contribution >= 0.6 is 0 Å². The van der Waals surface area contributed by atoms with Crippen LogP contribution in [0.5, 0.6) is 0 Å². The predicted octanol–water partition coefficient (Wildman–Crippen LogP) is 0.991. The fourth-order valence-corrected chi connectivity index (χ4v) is 1.19. The standard InChI is InChI=1S/C10H20N2O3/c1-4-12(5-2)9(13)7-8-11-10(14)15-6-3/h4-8H2,1-3H3,(H,11,14). The molecule has 0 atom stereocenters. The van der Waals surface area contributed by atoms with Gasteiger partial charge in [-0.05, 0) is 20.8 Å². The molecule has 0 aliphatic heterocycles. The smallest absolute Gasteiger partial charge is 0.407 e. The Labute approximate surface area is 90.8 Å². The number of ether oxygens (including phenoxy) is 1. The normalized spacial score (nSPS) is 9.53. The van der Waals surface area contributed by atoms with Crippen molar-refractivity contribution in [1.82, 2.24) is 10.2 Å². The lowest BCUT2D eigenvalue weighted by Crippen LogP contribution is -2.34. The lowest BCUT2D eigenvalue weighted by atomic mass is 10.3. The third-order valence-corrected chi connectivity index (χ3v) is 2.00. The number of nitrogens with zero attached hydrogens (tertiary/aromatic N) is 1. The number of alkyl carbamates (subject to hydrolysis) is 1. The fourth-order valence-electron chi connectivity index (χ4n) is 1.19. The molecule has 0 aliphatic carbocycles. The lowest BCUT2D eigenvalue weighted by Gasteiger charge is -2.18. The second-order valence-corrected chi connectivity index (χ2v) is 2.96. The Morgan fingerprint density at radius 2 is 1.80 bits per heavy atom. The number of carbonyl (C=O) groups excluding carboxylic acids is 2. The van der Waals surface area contributed by atoms with Gasteiger partial charge in [-0.2, -0.15) is 0 Å². The van der Waals surface area contributed by atoms with Crippen molar-refractivity contribution in [2.45, 2.75) is 27.2 Å². The van der Waals surface area contributed by atoms with Crippen LogP contribution in [0.3, 0.4) is 0 Å². The van der Waals surface area contributed by atoms with E-state index in [1.807, 2.05) is 13.8 Å². The Kier molecular flexibility index (Phi) is 7.40. The average Bonchev–Trinajstić information content (AvgIpc) is 2.20. The maximum atomic E-state index is 11.5. The zero-order valence-electron chi connectivity index (χ0n) is 9.71. The highest BCUT2D eigenvalue weighted by Crippen LogP contribution is 1.92. The van der Waals surface area contributed by atoms with Crippen molar-refractivity contribution in [1.29, 1.82) is 0 Å². The van der Waals surface area contributed by atoms with Gasteiger partial charge in [-0.25, -0.2) is 4.79 Å². The fraction of sp³-hybridized carbons (Fsp3) is 0.800. The highest BCUT2D eigenvalue weighted by atomic mass is 16.5. The molecular weight excluding hydrogens is 196 g/mol. The molecule has 0 aromatic carbocycles. The van der Waals surface area contributed by atoms with Crippen LogP contribution in [0.15, 0.2) is 0 Å². The van der Waals surface area contributed by atoms with Gasteiger partial charge in [0.25, 0.3) is 0 Å². The summed E-state index contributed by atoms with van der Waals surface area (Å²) in [5.74, 6) is 0.0526. The Balaban J connectivity index is 3.67. The van der Waals surface area contributed by atoms with E-state index in [9.17, 15) is 9.59 Å². The quantitative estimate of drug-likeness (QED) is 0.720. The van der Waals surface area contributed by atoms with Gasteiger partial charge in [0.1, 0.15) is 0 Å². The van der Waals surface area contributed by atoms with Crippen LogP contribution in [0.25, 0.3) is 0 Å². The summed E-state index contributed by atoms with van der Waals surface area (Å²) in [6.45, 7) is 7.68. The van der Waals surface area contributed by atoms with Crippen molar-refractivity contribution in [2.75, 3.05) is 26.2 Å². The Hall–Kier alpha value is -1.26. The molecule has 0 heterocycles. The van der Waals surface area contributed by atoms with Gasteiger partial charge in [-0.1, -0.05) is 0 Å². The SMILES string of the molecule is CCOC(=O)NCCC(=O)N(CC)CC. The van der Waals surface area contributed by atoms with E-state index in [-0.39, 0.29) is 5.91 Å². The molecule has 0 unspecified atom stereocenters. The van der Waals surface area contributed by atoms with Gasteiger partial charge in [0.2, 0.25) is 5.91 Å². The molecule has 0 bridgehead atoms. The van der Waals surface area contributed by atoms with Crippen LogP contribution < -0.4 is 5.32 Å². The minimum Gasteiger partial charge on any atom is -0.450 e. The summed E-state index contributed by atoms with van der Waals surface area (Å²) in [4.78, 5) is 24.1. The van der Waals surface area contributed by atoms with Gasteiger partial charge < -0.3 is 15.0 Å². The van der Waals surface area contributed by atoms with E-state index < -0.39 is 6.09 Å². The number of hydrogen-bond donors (Lipinski definition) is 1. The molecule has 88 valence electrons. The van der Waals surface area contributed by atoms with Crippen molar-refractivity contribution in [3.8, 4) is 0 Å². The monoisotopic (exact) mass is 216 g/mol. The van der Waals surface area contributed by atoms with E-state index in [1.165, 1.54) is 0 Å². The zero-order valence-corrected chi connectivity index (χ0v) is 9.71. The van der Waals surface area contributed by atoms with Gasteiger partial charge in [-0.15, -0.1) is 0 Å². The third kappa shape index (κ3) is 5.93. The first-order valence-electron chi connectivity index (χ1n) is 5.34. The highest BCUT2D eigenvalue weighted by molar-refractivity contribution is 5.77. The number of rotatable bonds is 6. The Bertz CT molecular complexity index is 203. The molecule has 0 saturated heterocycles. The summed E-state index contributed by atoms with van der Waals surface area (Å²) >= 11 is 0. The van der Waals surface area contributed by atoms with Crippen molar-refractivity contribution in [2.24, 2.45) is 0 Å². The third-order valence-electron chi connectivity index (χ3n) is 2.00. The molecule has 0 fully saturated rings. The second-order valence-electron chi connectivity index (χ2n) is 2.96. The summed E-state index contributed by atoms with van der Waals surface area (Å²) in [7, 11) is 0. The van der Waals surface area contributed by atoms with Crippen LogP contribution in [-0.2, 0) is 9.53 Å². The van der Waals surface area contributed by atoms with E-state index in [0.717, 1.165) is 0 Å². The van der Waals surface area contributed by atoms with E-state index >= 15 is 0 Å². The van der Waals surface area contributed by atoms with E-state index in [1.54, 1.807) is 11.8 Å². The molecule has 0 spiro atoms. The van der Waals surface area contributed by atoms with Gasteiger partial charge in [0.15, 0.2) is 0 Å². The first-order valence-corrected chi connectivity index (χ1v) is 5.34. The lowest BCUT2D eigenvalue weighted by molar-refractivity contribution is -0.130. The molecule has 0 saturated carbocycles. The second kappa shape index (κ2) is 8.08. The van der Waals surface area contributed by atoms with Crippen molar-refractivity contribution in [3.63, 3.8) is 0 Å². The minimum absolute atomic E-state index is 0.0526. The van der Waals surface area contributed by atoms with E-state index in [4.69, 9.17) is 0 Å². The molecule has 15 heavy (non-hydrogen) atoms. The molecule has 5 heteroatoms. The molecule has 0 aromatic rings. The first kappa shape index (κ1) is 13.7. The maximum Gasteiger partial charge on any atom is 0.407 e. The largest absolute Gasteiger partial charge is 0.450 e. The van der Waals surface area contributed by atoms with Crippen LogP contribution in [0.1, 0.15) is 27.2 Å². The van der Waals surface area contributed by atoms with Gasteiger partial charge in [0.05, 0.1) is 6.61 Å². The number of nitrogens with one attached hydrogen (secondary N) is 1. The summed E-state index contributed by atoms with van der Waals surface area (Å²) in [5.41, 5.74) is 0. The van der Waals surface area contributed by atoms with Crippen molar-refractivity contribution in [3.05, 3.63) is 0 Å². The Morgan fingerprint density at radius 1 is 1.20 bits per heavy atom. The number of hydrogen-bond acceptors (Lipinski definition) is 3. The summed E-state index contributed by atoms with van der Waals surface area (Å²) < 4.78 is 4.66. The molecule has 0 rings (SSSR count). The first-order chi connectivity index (χ1) is 7.15. The zero-order chi connectivity index (χ0) is 11.7. The predicted molar refractivity (Wildman–Crippen MR) is 57.6 cm³/mol. The minimum atomic E-state index is -0.468. The van der Waals surface area contributed by atoms with Gasteiger partial charge in [-0.3, -0.25) is 4.79 Å². The Morgan fingerprint density at radius 3 is 2.27 bits per heavy atom. The molecule has 2 amide bonds. The molecule has 1 N–H and O–H groups in total. The van der Waals surface area contributed by atoms with Crippen LogP contribution in [0.4, 0.5) is 4.79 Å². The van der Waals surface area contributed by atoms with Gasteiger partial charge >= 0.3 is 6.09 Å². The molecule has 0 radical (unpaired) electrons. The van der Waals surface area contributed by atoms with E-state index in [0.29, 0.717) is 32.7 Å². The van der Waals surface area contributed by atoms with Crippen molar-refractivity contribution >= 4 is 12.0 Å². The highest BCUT2D eigenvalue weighted by Gasteiger charge is 2.09. The van der Waals surface area contributed by atoms with Crippen molar-refractivity contribution < 1.29 is 14.3 Å². The number of carbonyl (C=O) groups is 2. The van der Waals surface area contributed by atoms with Crippen LogP contribution in [0, 0.1) is 0 Å². The van der Waals surface area contributed by atoms with E-state index in [2.05, 4.69) is 10.1 Å².